The molecule has 2 aromatic rings. The number of rotatable bonds is 1. The number of fused-ring (bicyclic) bond motifs is 1. The average molecular weight is 358 g/mol. The number of hydrogen-bond donors (Lipinski definition) is 2. The summed E-state index contributed by atoms with van der Waals surface area (Å²) >= 11 is 5.60. The zero-order valence-corrected chi connectivity index (χ0v) is 12.3. The predicted molar refractivity (Wildman–Crippen MR) is 78.3 cm³/mol. The van der Waals surface area contributed by atoms with Gasteiger partial charge in [0.1, 0.15) is 5.82 Å². The Morgan fingerprint density at radius 1 is 1.08 bits per heavy atom. The third-order valence-corrected chi connectivity index (χ3v) is 3.69. The molecule has 1 aromatic carbocycles. The summed E-state index contributed by atoms with van der Waals surface area (Å²) in [5, 5.41) is 1.74. The normalized spacial score (nSPS) is 13.8. The van der Waals surface area contributed by atoms with Crippen molar-refractivity contribution in [2.45, 2.75) is 6.18 Å². The van der Waals surface area contributed by atoms with E-state index < -0.39 is 40.6 Å². The lowest BCUT2D eigenvalue weighted by atomic mass is 10.1. The number of halogens is 4. The minimum absolute atomic E-state index is 0.188. The van der Waals surface area contributed by atoms with Crippen LogP contribution in [0.3, 0.4) is 0 Å². The largest absolute Gasteiger partial charge is 0.418 e. The van der Waals surface area contributed by atoms with Gasteiger partial charge in [0.15, 0.2) is 0 Å². The molecule has 0 fully saturated rings. The van der Waals surface area contributed by atoms with Gasteiger partial charge in [-0.1, -0.05) is 11.6 Å². The lowest BCUT2D eigenvalue weighted by molar-refractivity contribution is -0.137. The first kappa shape index (κ1) is 16.1. The highest BCUT2D eigenvalue weighted by atomic mass is 35.5. The number of carbonyl (C=O) groups excluding carboxylic acids is 2. The summed E-state index contributed by atoms with van der Waals surface area (Å²) in [6.07, 6.45) is -4.82. The van der Waals surface area contributed by atoms with Crippen LogP contribution < -0.4 is 16.6 Å². The molecule has 2 amide bonds. The van der Waals surface area contributed by atoms with Crippen LogP contribution in [0.25, 0.3) is 5.69 Å². The zero-order valence-electron chi connectivity index (χ0n) is 11.6. The number of pyridine rings is 1. The molecular weight excluding hydrogens is 351 g/mol. The highest BCUT2D eigenvalue weighted by molar-refractivity contribution is 6.30. The maximum Gasteiger partial charge on any atom is 0.418 e. The highest BCUT2D eigenvalue weighted by Crippen LogP contribution is 2.36. The molecule has 0 saturated heterocycles. The third-order valence-electron chi connectivity index (χ3n) is 3.46. The molecule has 3 rings (SSSR count). The number of nitrogen functional groups attached to an aromatic ring is 1. The van der Waals surface area contributed by atoms with E-state index in [9.17, 15) is 27.6 Å². The van der Waals surface area contributed by atoms with Gasteiger partial charge in [-0.25, -0.2) is 0 Å². The van der Waals surface area contributed by atoms with Crippen LogP contribution in [0.2, 0.25) is 5.02 Å². The Bertz CT molecular complexity index is 966. The lowest BCUT2D eigenvalue weighted by Gasteiger charge is -2.17. The minimum atomic E-state index is -4.82. The Balaban J connectivity index is 2.38. The number of amides is 2. The van der Waals surface area contributed by atoms with Gasteiger partial charge in [0.05, 0.1) is 22.4 Å². The maximum absolute atomic E-state index is 13.2. The second kappa shape index (κ2) is 5.10. The van der Waals surface area contributed by atoms with Crippen LogP contribution in [-0.4, -0.2) is 16.4 Å². The summed E-state index contributed by atoms with van der Waals surface area (Å²) in [5.74, 6) is -2.28. The van der Waals surface area contributed by atoms with Gasteiger partial charge in [-0.3, -0.25) is 24.3 Å². The van der Waals surface area contributed by atoms with Crippen molar-refractivity contribution in [3.63, 3.8) is 0 Å². The van der Waals surface area contributed by atoms with E-state index in [1.807, 2.05) is 5.32 Å². The van der Waals surface area contributed by atoms with E-state index in [1.54, 1.807) is 0 Å². The zero-order chi connectivity index (χ0) is 17.8. The number of imide groups is 1. The molecule has 1 aliphatic rings. The fourth-order valence-corrected chi connectivity index (χ4v) is 2.63. The molecule has 124 valence electrons. The summed E-state index contributed by atoms with van der Waals surface area (Å²) in [4.78, 5) is 35.5. The lowest BCUT2D eigenvalue weighted by Crippen LogP contribution is -2.26. The molecule has 10 heteroatoms. The van der Waals surface area contributed by atoms with E-state index in [0.717, 1.165) is 18.2 Å². The molecule has 0 atom stereocenters. The first-order chi connectivity index (χ1) is 11.1. The highest BCUT2D eigenvalue weighted by Gasteiger charge is 2.37. The molecule has 0 saturated carbocycles. The van der Waals surface area contributed by atoms with Crippen LogP contribution >= 0.6 is 11.6 Å². The Hall–Kier alpha value is -2.81. The van der Waals surface area contributed by atoms with Gasteiger partial charge in [0.25, 0.3) is 17.4 Å². The molecule has 0 radical (unpaired) electrons. The van der Waals surface area contributed by atoms with Gasteiger partial charge in [-0.15, -0.1) is 0 Å². The smallest absolute Gasteiger partial charge is 0.384 e. The maximum atomic E-state index is 13.2. The van der Waals surface area contributed by atoms with E-state index in [-0.39, 0.29) is 16.1 Å². The molecule has 0 aliphatic carbocycles. The molecule has 1 aromatic heterocycles. The number of hydrogen-bond acceptors (Lipinski definition) is 4. The van der Waals surface area contributed by atoms with Gasteiger partial charge < -0.3 is 5.73 Å². The second-order valence-corrected chi connectivity index (χ2v) is 5.37. The van der Waals surface area contributed by atoms with Gasteiger partial charge in [-0.2, -0.15) is 13.2 Å². The van der Waals surface area contributed by atoms with Gasteiger partial charge in [0, 0.05) is 11.1 Å². The van der Waals surface area contributed by atoms with Crippen molar-refractivity contribution in [2.75, 3.05) is 5.73 Å². The fraction of sp³-hybridized carbons (Fsp3) is 0.0714. The molecular formula is C14H7ClF3N3O3. The van der Waals surface area contributed by atoms with Crippen LogP contribution in [0.15, 0.2) is 29.1 Å². The van der Waals surface area contributed by atoms with Gasteiger partial charge in [0.2, 0.25) is 0 Å². The van der Waals surface area contributed by atoms with Crippen molar-refractivity contribution < 1.29 is 22.8 Å². The van der Waals surface area contributed by atoms with Gasteiger partial charge >= 0.3 is 6.18 Å². The van der Waals surface area contributed by atoms with Crippen LogP contribution in [-0.2, 0) is 6.18 Å². The number of alkyl halides is 3. The molecule has 0 spiro atoms. The number of nitrogens with zero attached hydrogens (tertiary/aromatic N) is 1. The van der Waals surface area contributed by atoms with E-state index in [4.69, 9.17) is 17.3 Å². The first-order valence-corrected chi connectivity index (χ1v) is 6.77. The Labute approximate surface area is 136 Å². The standard InChI is InChI=1S/C14H7ClF3N3O3/c15-5-1-2-8(7(3-5)14(16,17)18)21-9(22)4-6-10(11(21)19)13(24)20-12(6)23/h1-4H,19H2,(H,20,23,24). The van der Waals surface area contributed by atoms with E-state index in [2.05, 4.69) is 0 Å². The summed E-state index contributed by atoms with van der Waals surface area (Å²) in [6, 6.07) is 3.52. The van der Waals surface area contributed by atoms with Crippen molar-refractivity contribution in [3.05, 3.63) is 56.3 Å². The number of aromatic nitrogens is 1. The first-order valence-electron chi connectivity index (χ1n) is 6.39. The molecule has 0 unspecified atom stereocenters. The Morgan fingerprint density at radius 3 is 2.38 bits per heavy atom. The summed E-state index contributed by atoms with van der Waals surface area (Å²) in [6.45, 7) is 0. The van der Waals surface area contributed by atoms with Crippen LogP contribution in [0.5, 0.6) is 0 Å². The molecule has 0 bridgehead atoms. The second-order valence-electron chi connectivity index (χ2n) is 4.93. The van der Waals surface area contributed by atoms with Crippen molar-refractivity contribution in [3.8, 4) is 5.69 Å². The molecule has 2 heterocycles. The SMILES string of the molecule is Nc1c2c(cc(=O)n1-c1ccc(Cl)cc1C(F)(F)F)C(=O)NC2=O. The molecule has 3 N–H and O–H groups in total. The average Bonchev–Trinajstić information content (AvgIpc) is 2.74. The Morgan fingerprint density at radius 2 is 1.75 bits per heavy atom. The quantitative estimate of drug-likeness (QED) is 0.763. The van der Waals surface area contributed by atoms with Crippen LogP contribution in [0, 0.1) is 0 Å². The number of nitrogens with one attached hydrogen (secondary N) is 1. The summed E-state index contributed by atoms with van der Waals surface area (Å²) < 4.78 is 40.2. The Kier molecular flexibility index (Phi) is 3.41. The van der Waals surface area contributed by atoms with Crippen molar-refractivity contribution >= 4 is 29.2 Å². The van der Waals surface area contributed by atoms with E-state index in [1.165, 1.54) is 0 Å². The predicted octanol–water partition coefficient (Wildman–Crippen LogP) is 1.98. The van der Waals surface area contributed by atoms with Crippen LogP contribution in [0.4, 0.5) is 19.0 Å². The number of nitrogens with two attached hydrogens (primary N) is 1. The third kappa shape index (κ3) is 2.33. The number of anilines is 1. The van der Waals surface area contributed by atoms with Crippen molar-refractivity contribution in [1.82, 2.24) is 9.88 Å². The van der Waals surface area contributed by atoms with Gasteiger partial charge in [-0.05, 0) is 18.2 Å². The van der Waals surface area contributed by atoms with Crippen LogP contribution in [0.1, 0.15) is 26.3 Å². The summed E-state index contributed by atoms with van der Waals surface area (Å²) in [5.41, 5.74) is 2.32. The summed E-state index contributed by atoms with van der Waals surface area (Å²) in [7, 11) is 0. The van der Waals surface area contributed by atoms with Crippen molar-refractivity contribution in [1.29, 1.82) is 0 Å². The monoisotopic (exact) mass is 357 g/mol. The molecule has 24 heavy (non-hydrogen) atoms. The molecule has 1 aliphatic heterocycles. The minimum Gasteiger partial charge on any atom is -0.384 e. The molecule has 6 nitrogen and oxygen atoms in total. The fourth-order valence-electron chi connectivity index (χ4n) is 2.46. The topological polar surface area (TPSA) is 94.2 Å². The number of benzene rings is 1. The van der Waals surface area contributed by atoms with E-state index >= 15 is 0 Å². The van der Waals surface area contributed by atoms with E-state index in [0.29, 0.717) is 10.6 Å². The number of carbonyl (C=O) groups is 2. The van der Waals surface area contributed by atoms with Crippen molar-refractivity contribution in [2.24, 2.45) is 0 Å².